The molecule has 2 aliphatic rings. The van der Waals surface area contributed by atoms with E-state index in [1.807, 2.05) is 0 Å². The molecule has 0 saturated heterocycles. The van der Waals surface area contributed by atoms with Crippen LogP contribution < -0.4 is 5.73 Å². The minimum Gasteiger partial charge on any atom is -0.391 e. The van der Waals surface area contributed by atoms with Crippen LogP contribution in [0.5, 0.6) is 0 Å². The normalized spacial score (nSPS) is 53.4. The topological polar surface area (TPSA) is 46.2 Å². The molecule has 10 heavy (non-hydrogen) atoms. The lowest BCUT2D eigenvalue weighted by molar-refractivity contribution is 0.0735. The van der Waals surface area contributed by atoms with Gasteiger partial charge in [-0.3, -0.25) is 0 Å². The molecule has 4 atom stereocenters. The Bertz CT molecular complexity index is 137. The Hall–Kier alpha value is -0.0800. The first kappa shape index (κ1) is 6.62. The fraction of sp³-hybridized carbons (Fsp3) is 1.00. The van der Waals surface area contributed by atoms with Crippen molar-refractivity contribution in [1.29, 1.82) is 0 Å². The van der Waals surface area contributed by atoms with Gasteiger partial charge in [0.15, 0.2) is 0 Å². The maximum atomic E-state index is 9.43. The first-order valence-corrected chi connectivity index (χ1v) is 4.21. The summed E-state index contributed by atoms with van der Waals surface area (Å²) in [5.74, 6) is 1.42. The van der Waals surface area contributed by atoms with Crippen LogP contribution in [-0.4, -0.2) is 17.3 Å². The predicted octanol–water partition coefficient (Wildman–Crippen LogP) is 0.495. The van der Waals surface area contributed by atoms with E-state index < -0.39 is 0 Å². The third kappa shape index (κ3) is 0.867. The molecule has 2 heteroatoms. The van der Waals surface area contributed by atoms with E-state index in [1.54, 1.807) is 0 Å². The van der Waals surface area contributed by atoms with Crippen LogP contribution in [0.3, 0.4) is 0 Å². The van der Waals surface area contributed by atoms with Crippen LogP contribution in [0.2, 0.25) is 0 Å². The van der Waals surface area contributed by atoms with Crippen LogP contribution in [-0.2, 0) is 0 Å². The number of fused-ring (bicyclic) bond motifs is 2. The molecule has 0 aliphatic heterocycles. The van der Waals surface area contributed by atoms with E-state index in [4.69, 9.17) is 5.73 Å². The quantitative estimate of drug-likeness (QED) is 0.516. The highest BCUT2D eigenvalue weighted by atomic mass is 16.3. The van der Waals surface area contributed by atoms with Gasteiger partial charge in [-0.1, -0.05) is 6.42 Å². The van der Waals surface area contributed by atoms with Crippen LogP contribution in [0.25, 0.3) is 0 Å². The molecule has 0 aromatic heterocycles. The van der Waals surface area contributed by atoms with Crippen LogP contribution >= 0.6 is 0 Å². The minimum absolute atomic E-state index is 0.0822. The molecular formula is C8H15NO. The number of nitrogens with two attached hydrogens (primary N) is 1. The van der Waals surface area contributed by atoms with Crippen molar-refractivity contribution in [2.75, 3.05) is 0 Å². The van der Waals surface area contributed by atoms with Gasteiger partial charge >= 0.3 is 0 Å². The summed E-state index contributed by atoms with van der Waals surface area (Å²) in [5.41, 5.74) is 5.81. The Morgan fingerprint density at radius 1 is 1.20 bits per heavy atom. The molecule has 2 rings (SSSR count). The highest BCUT2D eigenvalue weighted by molar-refractivity contribution is 4.93. The summed E-state index contributed by atoms with van der Waals surface area (Å²) in [6.45, 7) is 0. The minimum atomic E-state index is -0.203. The van der Waals surface area contributed by atoms with E-state index in [1.165, 1.54) is 19.3 Å². The lowest BCUT2D eigenvalue weighted by atomic mass is 9.83. The summed E-state index contributed by atoms with van der Waals surface area (Å²) in [6.07, 6.45) is 4.58. The maximum absolute atomic E-state index is 9.43. The number of hydrogen-bond acceptors (Lipinski definition) is 2. The van der Waals surface area contributed by atoms with Gasteiger partial charge in [0.05, 0.1) is 6.10 Å². The fourth-order valence-corrected chi connectivity index (χ4v) is 2.49. The Balaban J connectivity index is 2.09. The smallest absolute Gasteiger partial charge is 0.0696 e. The van der Waals surface area contributed by atoms with Gasteiger partial charge in [-0.05, 0) is 31.1 Å². The van der Waals surface area contributed by atoms with Crippen molar-refractivity contribution in [1.82, 2.24) is 0 Å². The third-order valence-electron chi connectivity index (χ3n) is 3.15. The Morgan fingerprint density at radius 2 is 2.00 bits per heavy atom. The second-order valence-corrected chi connectivity index (χ2v) is 3.82. The van der Waals surface area contributed by atoms with Crippen molar-refractivity contribution in [3.63, 3.8) is 0 Å². The number of aliphatic hydroxyl groups excluding tert-OH is 1. The molecular weight excluding hydrogens is 126 g/mol. The predicted molar refractivity (Wildman–Crippen MR) is 39.4 cm³/mol. The molecule has 0 unspecified atom stereocenters. The first-order valence-electron chi connectivity index (χ1n) is 4.21. The second kappa shape index (κ2) is 2.21. The highest BCUT2D eigenvalue weighted by Gasteiger charge is 2.38. The van der Waals surface area contributed by atoms with E-state index in [9.17, 15) is 5.11 Å². The van der Waals surface area contributed by atoms with E-state index >= 15 is 0 Å². The summed E-state index contributed by atoms with van der Waals surface area (Å²) in [6, 6.07) is 0.0822. The first-order chi connectivity index (χ1) is 4.77. The molecule has 0 heterocycles. The fourth-order valence-electron chi connectivity index (χ4n) is 2.49. The van der Waals surface area contributed by atoms with Gasteiger partial charge < -0.3 is 10.8 Å². The maximum Gasteiger partial charge on any atom is 0.0696 e. The molecule has 58 valence electrons. The molecule has 2 saturated carbocycles. The second-order valence-electron chi connectivity index (χ2n) is 3.82. The monoisotopic (exact) mass is 141 g/mol. The zero-order valence-corrected chi connectivity index (χ0v) is 6.16. The van der Waals surface area contributed by atoms with E-state index in [-0.39, 0.29) is 12.1 Å². The van der Waals surface area contributed by atoms with Crippen molar-refractivity contribution in [3.05, 3.63) is 0 Å². The molecule has 0 aromatic rings. The van der Waals surface area contributed by atoms with Gasteiger partial charge in [0, 0.05) is 6.04 Å². The summed E-state index contributed by atoms with van der Waals surface area (Å²) in [5, 5.41) is 9.43. The van der Waals surface area contributed by atoms with Gasteiger partial charge in [0.1, 0.15) is 0 Å². The lowest BCUT2D eigenvalue weighted by Gasteiger charge is -2.30. The van der Waals surface area contributed by atoms with Gasteiger partial charge in [-0.15, -0.1) is 0 Å². The van der Waals surface area contributed by atoms with Gasteiger partial charge in [0.2, 0.25) is 0 Å². The largest absolute Gasteiger partial charge is 0.391 e. The molecule has 0 spiro atoms. The Kier molecular flexibility index (Phi) is 1.46. The molecule has 0 aromatic carbocycles. The van der Waals surface area contributed by atoms with Gasteiger partial charge in [-0.2, -0.15) is 0 Å². The van der Waals surface area contributed by atoms with Crippen LogP contribution in [0.15, 0.2) is 0 Å². The average Bonchev–Trinajstić information content (AvgIpc) is 2.29. The molecule has 2 aliphatic carbocycles. The molecule has 3 N–H and O–H groups in total. The van der Waals surface area contributed by atoms with Crippen molar-refractivity contribution in [2.45, 2.75) is 37.8 Å². The number of rotatable bonds is 0. The molecule has 2 fully saturated rings. The Morgan fingerprint density at radius 3 is 2.80 bits per heavy atom. The molecule has 0 radical (unpaired) electrons. The van der Waals surface area contributed by atoms with Crippen LogP contribution in [0.4, 0.5) is 0 Å². The summed E-state index contributed by atoms with van der Waals surface area (Å²) in [7, 11) is 0. The average molecular weight is 141 g/mol. The van der Waals surface area contributed by atoms with Crippen LogP contribution in [0.1, 0.15) is 25.7 Å². The SMILES string of the molecule is N[C@@H]1[C@@H]2CC[C@@H](C2)C[C@@H]1O. The molecule has 2 nitrogen and oxygen atoms in total. The van der Waals surface area contributed by atoms with Crippen molar-refractivity contribution < 1.29 is 5.11 Å². The zero-order valence-electron chi connectivity index (χ0n) is 6.16. The molecule has 2 bridgehead atoms. The Labute approximate surface area is 61.4 Å². The van der Waals surface area contributed by atoms with E-state index in [0.29, 0.717) is 5.92 Å². The summed E-state index contributed by atoms with van der Waals surface area (Å²) >= 11 is 0. The third-order valence-corrected chi connectivity index (χ3v) is 3.15. The number of hydrogen-bond donors (Lipinski definition) is 2. The summed E-state index contributed by atoms with van der Waals surface area (Å²) < 4.78 is 0. The molecule has 0 amide bonds. The number of aliphatic hydroxyl groups is 1. The van der Waals surface area contributed by atoms with E-state index in [2.05, 4.69) is 0 Å². The van der Waals surface area contributed by atoms with Crippen molar-refractivity contribution in [2.24, 2.45) is 17.6 Å². The highest BCUT2D eigenvalue weighted by Crippen LogP contribution is 2.41. The van der Waals surface area contributed by atoms with Gasteiger partial charge in [0.25, 0.3) is 0 Å². The standard InChI is InChI=1S/C8H15NO/c9-8-6-2-1-5(3-6)4-7(8)10/h5-8,10H,1-4,9H2/t5-,6+,7-,8+/m0/s1. The zero-order chi connectivity index (χ0) is 7.14. The van der Waals surface area contributed by atoms with Crippen LogP contribution in [0, 0.1) is 11.8 Å². The van der Waals surface area contributed by atoms with Crippen molar-refractivity contribution in [3.8, 4) is 0 Å². The lowest BCUT2D eigenvalue weighted by Crippen LogP contribution is -2.43. The van der Waals surface area contributed by atoms with Crippen molar-refractivity contribution >= 4 is 0 Å². The summed E-state index contributed by atoms with van der Waals surface area (Å²) in [4.78, 5) is 0. The van der Waals surface area contributed by atoms with Gasteiger partial charge in [-0.25, -0.2) is 0 Å². The van der Waals surface area contributed by atoms with E-state index in [0.717, 1.165) is 12.3 Å².